The second-order valence-electron chi connectivity index (χ2n) is 6.62. The van der Waals surface area contributed by atoms with Crippen LogP contribution >= 0.6 is 11.3 Å². The molecule has 1 heterocycles. The molecule has 0 aliphatic rings. The van der Waals surface area contributed by atoms with Crippen LogP contribution in [0, 0.1) is 20.8 Å². The van der Waals surface area contributed by atoms with Crippen molar-refractivity contribution >= 4 is 27.1 Å². The third kappa shape index (κ3) is 3.96. The molecular formula is C21H20O4S2. The van der Waals surface area contributed by atoms with Gasteiger partial charge in [-0.25, -0.2) is 13.2 Å². The van der Waals surface area contributed by atoms with Crippen LogP contribution < -0.4 is 0 Å². The number of carboxylic acids is 1. The maximum absolute atomic E-state index is 13.1. The molecule has 1 aromatic heterocycles. The molecule has 0 spiro atoms. The molecule has 0 unspecified atom stereocenters. The van der Waals surface area contributed by atoms with Crippen LogP contribution in [0.4, 0.5) is 0 Å². The lowest BCUT2D eigenvalue weighted by Crippen LogP contribution is -2.11. The molecule has 0 amide bonds. The first-order valence-electron chi connectivity index (χ1n) is 8.41. The number of aryl methyl sites for hydroxylation is 3. The summed E-state index contributed by atoms with van der Waals surface area (Å²) in [6.07, 6.45) is 0. The highest BCUT2D eigenvalue weighted by molar-refractivity contribution is 7.90. The third-order valence-corrected chi connectivity index (χ3v) is 7.49. The molecule has 3 rings (SSSR count). The van der Waals surface area contributed by atoms with E-state index in [-0.39, 0.29) is 15.5 Å². The molecule has 4 nitrogen and oxygen atoms in total. The van der Waals surface area contributed by atoms with Gasteiger partial charge in [0.05, 0.1) is 10.6 Å². The van der Waals surface area contributed by atoms with Crippen molar-refractivity contribution in [1.29, 1.82) is 0 Å². The Balaban J connectivity index is 2.07. The zero-order valence-corrected chi connectivity index (χ0v) is 16.9. The summed E-state index contributed by atoms with van der Waals surface area (Å²) in [6, 6.07) is 14.7. The number of aromatic carboxylic acids is 1. The number of thiophene rings is 1. The highest BCUT2D eigenvalue weighted by Gasteiger charge is 2.25. The average molecular weight is 401 g/mol. The Bertz CT molecular complexity index is 1090. The normalized spacial score (nSPS) is 11.5. The Morgan fingerprint density at radius 3 is 2.15 bits per heavy atom. The van der Waals surface area contributed by atoms with Gasteiger partial charge in [0.2, 0.25) is 0 Å². The largest absolute Gasteiger partial charge is 0.477 e. The Kier molecular flexibility index (Phi) is 5.22. The first-order chi connectivity index (χ1) is 12.7. The van der Waals surface area contributed by atoms with Crippen molar-refractivity contribution in [1.82, 2.24) is 0 Å². The van der Waals surface area contributed by atoms with Gasteiger partial charge in [0.25, 0.3) is 0 Å². The molecule has 0 aliphatic carbocycles. The van der Waals surface area contributed by atoms with Crippen LogP contribution in [0.1, 0.15) is 31.9 Å². The number of hydrogen-bond donors (Lipinski definition) is 1. The van der Waals surface area contributed by atoms with E-state index in [1.807, 2.05) is 49.4 Å². The smallest absolute Gasteiger partial charge is 0.346 e. The second-order valence-corrected chi connectivity index (χ2v) is 9.60. The number of benzene rings is 2. The monoisotopic (exact) mass is 400 g/mol. The Labute approximate surface area is 163 Å². The summed E-state index contributed by atoms with van der Waals surface area (Å²) in [7, 11) is -3.67. The van der Waals surface area contributed by atoms with Gasteiger partial charge in [0, 0.05) is 4.88 Å². The number of sulfone groups is 1. The van der Waals surface area contributed by atoms with Crippen LogP contribution in [0.25, 0.3) is 10.4 Å². The van der Waals surface area contributed by atoms with Crippen molar-refractivity contribution < 1.29 is 18.3 Å². The molecule has 1 N–H and O–H groups in total. The van der Waals surface area contributed by atoms with Crippen LogP contribution in [0.3, 0.4) is 0 Å². The van der Waals surface area contributed by atoms with Crippen molar-refractivity contribution in [3.05, 3.63) is 75.7 Å². The number of rotatable bonds is 5. The van der Waals surface area contributed by atoms with Crippen molar-refractivity contribution in [3.8, 4) is 10.4 Å². The van der Waals surface area contributed by atoms with Crippen molar-refractivity contribution in [2.24, 2.45) is 0 Å². The summed E-state index contributed by atoms with van der Waals surface area (Å²) in [6.45, 7) is 5.46. The van der Waals surface area contributed by atoms with Gasteiger partial charge >= 0.3 is 5.97 Å². The van der Waals surface area contributed by atoms with Gasteiger partial charge < -0.3 is 5.11 Å². The Morgan fingerprint density at radius 2 is 1.59 bits per heavy atom. The van der Waals surface area contributed by atoms with E-state index >= 15 is 0 Å². The minimum Gasteiger partial charge on any atom is -0.477 e. The lowest BCUT2D eigenvalue weighted by Gasteiger charge is -2.12. The minimum atomic E-state index is -3.67. The fourth-order valence-electron chi connectivity index (χ4n) is 3.40. The topological polar surface area (TPSA) is 71.4 Å². The van der Waals surface area contributed by atoms with E-state index < -0.39 is 15.8 Å². The molecule has 2 aromatic carbocycles. The van der Waals surface area contributed by atoms with Gasteiger partial charge in [-0.15, -0.1) is 11.3 Å². The summed E-state index contributed by atoms with van der Waals surface area (Å²) in [5.41, 5.74) is 3.56. The highest BCUT2D eigenvalue weighted by atomic mass is 32.2. The highest BCUT2D eigenvalue weighted by Crippen LogP contribution is 2.34. The fraction of sp³-hybridized carbons (Fsp3) is 0.190. The van der Waals surface area contributed by atoms with E-state index in [1.165, 1.54) is 0 Å². The van der Waals surface area contributed by atoms with Gasteiger partial charge in [-0.3, -0.25) is 0 Å². The summed E-state index contributed by atoms with van der Waals surface area (Å²) < 4.78 is 26.2. The van der Waals surface area contributed by atoms with Crippen molar-refractivity contribution in [2.45, 2.75) is 31.4 Å². The molecule has 0 radical (unpaired) electrons. The Hall–Kier alpha value is -2.44. The maximum Gasteiger partial charge on any atom is 0.346 e. The summed E-state index contributed by atoms with van der Waals surface area (Å²) in [4.78, 5) is 12.8. The number of hydrogen-bond acceptors (Lipinski definition) is 4. The number of carbonyl (C=O) groups is 1. The number of carboxylic acid groups (broad SMARTS) is 1. The maximum atomic E-state index is 13.1. The zero-order valence-electron chi connectivity index (χ0n) is 15.3. The van der Waals surface area contributed by atoms with Gasteiger partial charge in [-0.1, -0.05) is 48.0 Å². The minimum absolute atomic E-state index is 0.0693. The van der Waals surface area contributed by atoms with Crippen molar-refractivity contribution in [3.63, 3.8) is 0 Å². The fourth-order valence-corrected chi connectivity index (χ4v) is 6.39. The van der Waals surface area contributed by atoms with Crippen LogP contribution in [-0.2, 0) is 15.6 Å². The molecule has 3 aromatic rings. The lowest BCUT2D eigenvalue weighted by atomic mass is 10.1. The molecule has 0 saturated carbocycles. The molecule has 0 saturated heterocycles. The van der Waals surface area contributed by atoms with Gasteiger partial charge in [-0.2, -0.15) is 0 Å². The standard InChI is InChI=1S/C21H20O4S2/c1-13-9-14(2)20(15(3)10-13)27(24,25)12-17-11-18(26-19(17)21(22)23)16-7-5-4-6-8-16/h4-11H,12H2,1-3H3,(H,22,23). The van der Waals surface area contributed by atoms with E-state index in [2.05, 4.69) is 0 Å². The van der Waals surface area contributed by atoms with Crippen LogP contribution in [0.2, 0.25) is 0 Å². The first-order valence-corrected chi connectivity index (χ1v) is 10.9. The van der Waals surface area contributed by atoms with Gasteiger partial charge in [-0.05, 0) is 49.1 Å². The zero-order chi connectivity index (χ0) is 19.8. The SMILES string of the molecule is Cc1cc(C)c(S(=O)(=O)Cc2cc(-c3ccccc3)sc2C(=O)O)c(C)c1. The molecular weight excluding hydrogens is 380 g/mol. The second kappa shape index (κ2) is 7.29. The molecule has 27 heavy (non-hydrogen) atoms. The van der Waals surface area contributed by atoms with E-state index in [0.29, 0.717) is 16.7 Å². The lowest BCUT2D eigenvalue weighted by molar-refractivity contribution is 0.0701. The molecule has 140 valence electrons. The van der Waals surface area contributed by atoms with Crippen LogP contribution in [0.5, 0.6) is 0 Å². The van der Waals surface area contributed by atoms with E-state index in [1.54, 1.807) is 19.9 Å². The average Bonchev–Trinajstić information content (AvgIpc) is 2.97. The predicted molar refractivity (Wildman–Crippen MR) is 108 cm³/mol. The third-order valence-electron chi connectivity index (χ3n) is 4.32. The molecule has 0 bridgehead atoms. The molecule has 0 fully saturated rings. The summed E-state index contributed by atoms with van der Waals surface area (Å²) in [5, 5.41) is 9.55. The van der Waals surface area contributed by atoms with Crippen LogP contribution in [-0.4, -0.2) is 19.5 Å². The molecule has 0 atom stereocenters. The summed E-state index contributed by atoms with van der Waals surface area (Å²) >= 11 is 1.10. The molecule has 6 heteroatoms. The first kappa shape index (κ1) is 19.3. The van der Waals surface area contributed by atoms with Crippen LogP contribution in [0.15, 0.2) is 53.4 Å². The predicted octanol–water partition coefficient (Wildman–Crippen LogP) is 5.01. The van der Waals surface area contributed by atoms with E-state index in [4.69, 9.17) is 0 Å². The Morgan fingerprint density at radius 1 is 1.00 bits per heavy atom. The quantitative estimate of drug-likeness (QED) is 0.653. The van der Waals surface area contributed by atoms with Gasteiger partial charge in [0.15, 0.2) is 9.84 Å². The van der Waals surface area contributed by atoms with E-state index in [0.717, 1.165) is 27.3 Å². The molecule has 0 aliphatic heterocycles. The van der Waals surface area contributed by atoms with E-state index in [9.17, 15) is 18.3 Å². The van der Waals surface area contributed by atoms with Gasteiger partial charge in [0.1, 0.15) is 4.88 Å². The summed E-state index contributed by atoms with van der Waals surface area (Å²) in [5.74, 6) is -1.44. The van der Waals surface area contributed by atoms with Crippen molar-refractivity contribution in [2.75, 3.05) is 0 Å².